The minimum absolute atomic E-state index is 0.0673. The molecule has 1 heterocycles. The molecule has 0 saturated carbocycles. The molecule has 20 heavy (non-hydrogen) atoms. The predicted molar refractivity (Wildman–Crippen MR) is 73.7 cm³/mol. The van der Waals surface area contributed by atoms with Gasteiger partial charge in [0.25, 0.3) is 0 Å². The van der Waals surface area contributed by atoms with E-state index < -0.39 is 18.3 Å². The van der Waals surface area contributed by atoms with Crippen LogP contribution in [0.1, 0.15) is 16.0 Å². The van der Waals surface area contributed by atoms with Gasteiger partial charge in [-0.1, -0.05) is 6.07 Å². The lowest BCUT2D eigenvalue weighted by atomic mass is 10.1. The lowest BCUT2D eigenvalue weighted by Crippen LogP contribution is -2.09. The molecule has 0 radical (unpaired) electrons. The molecule has 1 aromatic carbocycles. The molecule has 2 rings (SSSR count). The fourth-order valence-corrected chi connectivity index (χ4v) is 3.00. The van der Waals surface area contributed by atoms with Crippen LogP contribution in [0.5, 0.6) is 5.75 Å². The lowest BCUT2D eigenvalue weighted by molar-refractivity contribution is -0.139. The van der Waals surface area contributed by atoms with E-state index in [9.17, 15) is 13.2 Å². The summed E-state index contributed by atoms with van der Waals surface area (Å²) in [6, 6.07) is 7.14. The van der Waals surface area contributed by atoms with E-state index in [0.717, 1.165) is 14.7 Å². The molecule has 0 bridgehead atoms. The number of alkyl halides is 3. The van der Waals surface area contributed by atoms with Crippen molar-refractivity contribution in [2.45, 2.75) is 19.4 Å². The highest BCUT2D eigenvalue weighted by molar-refractivity contribution is 9.11. The highest BCUT2D eigenvalue weighted by Gasteiger charge is 2.34. The molecule has 0 aliphatic rings. The molecule has 0 spiro atoms. The van der Waals surface area contributed by atoms with E-state index in [0.29, 0.717) is 0 Å². The SMILES string of the molecule is OCc1ccc(OCc2ccc(Br)s2)c(C(F)(F)F)c1. The summed E-state index contributed by atoms with van der Waals surface area (Å²) >= 11 is 4.68. The fourth-order valence-electron chi connectivity index (χ4n) is 1.60. The monoisotopic (exact) mass is 366 g/mol. The third kappa shape index (κ3) is 3.74. The Bertz CT molecular complexity index is 596. The average Bonchev–Trinajstić information content (AvgIpc) is 2.81. The molecule has 0 atom stereocenters. The molecule has 108 valence electrons. The Morgan fingerprint density at radius 3 is 2.50 bits per heavy atom. The maximum Gasteiger partial charge on any atom is 0.419 e. The number of rotatable bonds is 4. The van der Waals surface area contributed by atoms with Crippen LogP contribution in [0, 0.1) is 0 Å². The second kappa shape index (κ2) is 6.15. The van der Waals surface area contributed by atoms with Crippen molar-refractivity contribution in [3.63, 3.8) is 0 Å². The third-order valence-electron chi connectivity index (χ3n) is 2.53. The van der Waals surface area contributed by atoms with Crippen molar-refractivity contribution < 1.29 is 23.0 Å². The van der Waals surface area contributed by atoms with Gasteiger partial charge in [0.2, 0.25) is 0 Å². The summed E-state index contributed by atoms with van der Waals surface area (Å²) in [7, 11) is 0. The normalized spacial score (nSPS) is 11.7. The number of aliphatic hydroxyl groups is 1. The Kier molecular flexibility index (Phi) is 4.72. The van der Waals surface area contributed by atoms with Crippen molar-refractivity contribution in [1.29, 1.82) is 0 Å². The molecule has 2 nitrogen and oxygen atoms in total. The number of aliphatic hydroxyl groups excluding tert-OH is 1. The number of hydrogen-bond acceptors (Lipinski definition) is 3. The van der Waals surface area contributed by atoms with Crippen molar-refractivity contribution in [1.82, 2.24) is 0 Å². The van der Waals surface area contributed by atoms with Crippen LogP contribution in [0.3, 0.4) is 0 Å². The van der Waals surface area contributed by atoms with Gasteiger partial charge in [-0.15, -0.1) is 11.3 Å². The van der Waals surface area contributed by atoms with Gasteiger partial charge in [-0.05, 0) is 45.8 Å². The molecule has 7 heteroatoms. The van der Waals surface area contributed by atoms with Gasteiger partial charge in [0.15, 0.2) is 0 Å². The van der Waals surface area contributed by atoms with E-state index in [-0.39, 0.29) is 17.9 Å². The van der Waals surface area contributed by atoms with Crippen molar-refractivity contribution in [3.8, 4) is 5.75 Å². The van der Waals surface area contributed by atoms with Gasteiger partial charge in [0, 0.05) is 4.88 Å². The van der Waals surface area contributed by atoms with E-state index in [4.69, 9.17) is 9.84 Å². The molecule has 0 amide bonds. The molecule has 0 fully saturated rings. The van der Waals surface area contributed by atoms with Crippen LogP contribution >= 0.6 is 27.3 Å². The summed E-state index contributed by atoms with van der Waals surface area (Å²) in [4.78, 5) is 0.816. The first kappa shape index (κ1) is 15.3. The van der Waals surface area contributed by atoms with Crippen molar-refractivity contribution in [3.05, 3.63) is 50.1 Å². The zero-order valence-corrected chi connectivity index (χ0v) is 12.5. The zero-order chi connectivity index (χ0) is 14.8. The van der Waals surface area contributed by atoms with Gasteiger partial charge >= 0.3 is 6.18 Å². The smallest absolute Gasteiger partial charge is 0.419 e. The second-order valence-electron chi connectivity index (χ2n) is 3.98. The van der Waals surface area contributed by atoms with E-state index in [1.807, 2.05) is 6.07 Å². The molecule has 2 aromatic rings. The van der Waals surface area contributed by atoms with Gasteiger partial charge in [-0.25, -0.2) is 0 Å². The number of ether oxygens (including phenoxy) is 1. The number of halogens is 4. The highest BCUT2D eigenvalue weighted by Crippen LogP contribution is 2.37. The zero-order valence-electron chi connectivity index (χ0n) is 10.1. The summed E-state index contributed by atoms with van der Waals surface area (Å²) in [6.45, 7) is -0.376. The van der Waals surface area contributed by atoms with Crippen LogP contribution < -0.4 is 4.74 Å². The fraction of sp³-hybridized carbons (Fsp3) is 0.231. The van der Waals surface area contributed by atoms with Gasteiger partial charge in [0.05, 0.1) is 16.0 Å². The molecular weight excluding hydrogens is 357 g/mol. The Balaban J connectivity index is 2.22. The Labute approximate surface area is 125 Å². The number of thiophene rings is 1. The molecule has 0 aliphatic heterocycles. The van der Waals surface area contributed by atoms with Crippen LogP contribution in [-0.2, 0) is 19.4 Å². The summed E-state index contributed by atoms with van der Waals surface area (Å²) in [6.07, 6.45) is -4.52. The first-order valence-corrected chi connectivity index (χ1v) is 7.19. The van der Waals surface area contributed by atoms with Crippen LogP contribution in [-0.4, -0.2) is 5.11 Å². The summed E-state index contributed by atoms with van der Waals surface area (Å²) in [5.74, 6) is -0.237. The van der Waals surface area contributed by atoms with Gasteiger partial charge < -0.3 is 9.84 Å². The number of hydrogen-bond donors (Lipinski definition) is 1. The number of benzene rings is 1. The Hall–Kier alpha value is -1.05. The first-order valence-electron chi connectivity index (χ1n) is 5.58. The predicted octanol–water partition coefficient (Wildman–Crippen LogP) is 4.60. The molecule has 1 N–H and O–H groups in total. The second-order valence-corrected chi connectivity index (χ2v) is 6.53. The quantitative estimate of drug-likeness (QED) is 0.856. The van der Waals surface area contributed by atoms with Crippen LogP contribution in [0.4, 0.5) is 13.2 Å². The van der Waals surface area contributed by atoms with E-state index in [2.05, 4.69) is 15.9 Å². The van der Waals surface area contributed by atoms with Gasteiger partial charge in [-0.2, -0.15) is 13.2 Å². The average molecular weight is 367 g/mol. The van der Waals surface area contributed by atoms with Crippen LogP contribution in [0.2, 0.25) is 0 Å². The standard InChI is InChI=1S/C13H10BrF3O2S/c14-12-4-2-9(20-12)7-19-11-3-1-8(6-18)5-10(11)13(15,16)17/h1-5,18H,6-7H2. The van der Waals surface area contributed by atoms with E-state index >= 15 is 0 Å². The van der Waals surface area contributed by atoms with Gasteiger partial charge in [-0.3, -0.25) is 0 Å². The summed E-state index contributed by atoms with van der Waals surface area (Å²) in [5, 5.41) is 8.92. The topological polar surface area (TPSA) is 29.5 Å². The highest BCUT2D eigenvalue weighted by atomic mass is 79.9. The molecule has 1 aromatic heterocycles. The first-order chi connectivity index (χ1) is 9.40. The molecule has 0 unspecified atom stereocenters. The largest absolute Gasteiger partial charge is 0.487 e. The van der Waals surface area contributed by atoms with Crippen molar-refractivity contribution in [2.24, 2.45) is 0 Å². The molecule has 0 saturated heterocycles. The van der Waals surface area contributed by atoms with Crippen molar-refractivity contribution in [2.75, 3.05) is 0 Å². The lowest BCUT2D eigenvalue weighted by Gasteiger charge is -2.14. The Morgan fingerprint density at radius 2 is 1.95 bits per heavy atom. The summed E-state index contributed by atoms with van der Waals surface area (Å²) in [5.41, 5.74) is -0.678. The van der Waals surface area contributed by atoms with E-state index in [1.165, 1.54) is 23.5 Å². The molecular formula is C13H10BrF3O2S. The van der Waals surface area contributed by atoms with Gasteiger partial charge in [0.1, 0.15) is 12.4 Å². The minimum Gasteiger partial charge on any atom is -0.487 e. The van der Waals surface area contributed by atoms with Crippen molar-refractivity contribution >= 4 is 27.3 Å². The molecule has 0 aliphatic carbocycles. The third-order valence-corrected chi connectivity index (χ3v) is 4.13. The maximum atomic E-state index is 12.9. The van der Waals surface area contributed by atoms with Crippen LogP contribution in [0.15, 0.2) is 34.1 Å². The maximum absolute atomic E-state index is 12.9. The van der Waals surface area contributed by atoms with E-state index in [1.54, 1.807) is 6.07 Å². The van der Waals surface area contributed by atoms with Crippen LogP contribution in [0.25, 0.3) is 0 Å². The Morgan fingerprint density at radius 1 is 1.20 bits per heavy atom. The minimum atomic E-state index is -4.52. The summed E-state index contributed by atoms with van der Waals surface area (Å²) < 4.78 is 44.9.